The molecule has 0 fully saturated rings. The molecule has 0 bridgehead atoms. The summed E-state index contributed by atoms with van der Waals surface area (Å²) in [6, 6.07) is 0. The van der Waals surface area contributed by atoms with E-state index >= 15 is 0 Å². The Hall–Kier alpha value is -0.0813. The van der Waals surface area contributed by atoms with E-state index in [9.17, 15) is 19.8 Å². The smallest absolute Gasteiger partial charge is 0.0622 e. The van der Waals surface area contributed by atoms with Gasteiger partial charge in [0.15, 0.2) is 0 Å². The second-order valence-electron chi connectivity index (χ2n) is 7.95. The Balaban J connectivity index is 0.000000439. The van der Waals surface area contributed by atoms with E-state index < -0.39 is 22.4 Å². The Labute approximate surface area is 210 Å². The van der Waals surface area contributed by atoms with Crippen LogP contribution in [0.2, 0.25) is 8.87 Å². The van der Waals surface area contributed by atoms with E-state index in [1.165, 1.54) is 25.7 Å². The number of thiol groups is 2. The molecule has 0 amide bonds. The first kappa shape index (κ1) is 30.9. The molecular weight excluding hydrogens is 535 g/mol. The minimum Gasteiger partial charge on any atom is -0.549 e. The van der Waals surface area contributed by atoms with E-state index in [1.807, 2.05) is 12.2 Å². The number of carboxylic acid groups (broad SMARTS) is 2. The van der Waals surface area contributed by atoms with Crippen molar-refractivity contribution in [3.63, 3.8) is 0 Å². The fourth-order valence-electron chi connectivity index (χ4n) is 3.25. The predicted molar refractivity (Wildman–Crippen MR) is 134 cm³/mol. The first-order chi connectivity index (χ1) is 14.8. The maximum atomic E-state index is 10.4. The van der Waals surface area contributed by atoms with Gasteiger partial charge in [-0.1, -0.05) is 23.3 Å². The quantitative estimate of drug-likeness (QED) is 0.177. The average molecular weight is 575 g/mol. The monoisotopic (exact) mass is 576 g/mol. The van der Waals surface area contributed by atoms with E-state index in [4.69, 9.17) is 0 Å². The van der Waals surface area contributed by atoms with Gasteiger partial charge in [0.2, 0.25) is 0 Å². The Morgan fingerprint density at radius 3 is 1.48 bits per heavy atom. The van der Waals surface area contributed by atoms with Crippen molar-refractivity contribution in [1.29, 1.82) is 0 Å². The van der Waals surface area contributed by atoms with Crippen LogP contribution in [0.5, 0.6) is 0 Å². The van der Waals surface area contributed by atoms with Crippen LogP contribution in [-0.4, -0.2) is 43.6 Å². The number of rotatable bonds is 10. The van der Waals surface area contributed by atoms with Gasteiger partial charge in [-0.25, -0.2) is 0 Å². The molecule has 2 aliphatic carbocycles. The molecule has 0 aromatic carbocycles. The van der Waals surface area contributed by atoms with Crippen molar-refractivity contribution in [3.8, 4) is 0 Å². The molecule has 0 aromatic heterocycles. The number of hydrogen-bond acceptors (Lipinski definition) is 6. The SMILES string of the molecule is CCC[CH2][Sn+2][CH2]CCC.O=C([O-])C(S)C1=CCCCC1.O=C([O-])C(S)C1=CCCCC1. The molecule has 2 unspecified atom stereocenters. The number of hydrogen-bond donors (Lipinski definition) is 2. The zero-order valence-corrected chi connectivity index (χ0v) is 23.9. The van der Waals surface area contributed by atoms with Gasteiger partial charge in [-0.05, 0) is 51.4 Å². The molecule has 176 valence electrons. The van der Waals surface area contributed by atoms with E-state index in [0.717, 1.165) is 62.5 Å². The molecule has 0 saturated carbocycles. The van der Waals surface area contributed by atoms with Crippen molar-refractivity contribution in [2.75, 3.05) is 0 Å². The molecule has 0 spiro atoms. The normalized spacial score (nSPS) is 17.3. The van der Waals surface area contributed by atoms with Crippen LogP contribution in [0, 0.1) is 0 Å². The number of carboxylic acids is 2. The summed E-state index contributed by atoms with van der Waals surface area (Å²) in [6.07, 6.45) is 18.0. The van der Waals surface area contributed by atoms with Crippen molar-refractivity contribution in [2.24, 2.45) is 0 Å². The first-order valence-corrected chi connectivity index (χ1v) is 16.8. The largest absolute Gasteiger partial charge is 0.549 e. The van der Waals surface area contributed by atoms with Crippen LogP contribution in [0.15, 0.2) is 23.3 Å². The van der Waals surface area contributed by atoms with Crippen LogP contribution in [0.25, 0.3) is 0 Å². The minimum absolute atomic E-state index is 0.149. The second kappa shape index (κ2) is 20.5. The van der Waals surface area contributed by atoms with Gasteiger partial charge in [0, 0.05) is 0 Å². The Bertz CT molecular complexity index is 516. The summed E-state index contributed by atoms with van der Waals surface area (Å²) < 4.78 is 3.25. The number of aliphatic carboxylic acids is 2. The molecule has 0 radical (unpaired) electrons. The van der Waals surface area contributed by atoms with Crippen LogP contribution in [0.4, 0.5) is 0 Å². The maximum Gasteiger partial charge on any atom is 0.0622 e. The van der Waals surface area contributed by atoms with Crippen molar-refractivity contribution >= 4 is 58.3 Å². The van der Waals surface area contributed by atoms with Crippen LogP contribution < -0.4 is 10.2 Å². The Morgan fingerprint density at radius 1 is 0.839 bits per heavy atom. The van der Waals surface area contributed by atoms with Crippen molar-refractivity contribution in [3.05, 3.63) is 23.3 Å². The Kier molecular flexibility index (Phi) is 20.5. The van der Waals surface area contributed by atoms with E-state index in [0.29, 0.717) is 0 Å². The second-order valence-corrected chi connectivity index (χ2v) is 13.3. The third kappa shape index (κ3) is 16.2. The summed E-state index contributed by atoms with van der Waals surface area (Å²) in [5.41, 5.74) is 1.83. The van der Waals surface area contributed by atoms with Gasteiger partial charge in [-0.15, -0.1) is 0 Å². The third-order valence-electron chi connectivity index (χ3n) is 5.22. The first-order valence-electron chi connectivity index (χ1n) is 11.7. The van der Waals surface area contributed by atoms with E-state index in [2.05, 4.69) is 39.1 Å². The summed E-state index contributed by atoms with van der Waals surface area (Å²) in [5, 5.41) is 19.4. The fraction of sp³-hybridized carbons (Fsp3) is 0.750. The topological polar surface area (TPSA) is 80.3 Å². The molecule has 0 heterocycles. The molecule has 7 heteroatoms. The summed E-state index contributed by atoms with van der Waals surface area (Å²) in [4.78, 5) is 20.7. The number of allylic oxidation sites excluding steroid dienone is 2. The number of unbranched alkanes of at least 4 members (excludes halogenated alkanes) is 2. The molecule has 31 heavy (non-hydrogen) atoms. The zero-order chi connectivity index (χ0) is 23.5. The molecule has 0 aromatic rings. The van der Waals surface area contributed by atoms with Crippen molar-refractivity contribution in [2.45, 2.75) is 110 Å². The van der Waals surface area contributed by atoms with E-state index in [1.54, 1.807) is 8.87 Å². The molecule has 0 saturated heterocycles. The molecule has 2 rings (SSSR count). The van der Waals surface area contributed by atoms with E-state index in [-0.39, 0.29) is 21.1 Å². The summed E-state index contributed by atoms with van der Waals surface area (Å²) in [5.74, 6) is -2.16. The molecular formula is C24H40O4S2Sn. The zero-order valence-electron chi connectivity index (χ0n) is 19.2. The number of carbonyl (C=O) groups is 2. The predicted octanol–water partition coefficient (Wildman–Crippen LogP) is 4.20. The van der Waals surface area contributed by atoms with Gasteiger partial charge in [-0.3, -0.25) is 0 Å². The molecule has 2 aliphatic rings. The molecule has 0 aliphatic heterocycles. The van der Waals surface area contributed by atoms with Gasteiger partial charge in [-0.2, -0.15) is 25.3 Å². The Morgan fingerprint density at radius 2 is 1.23 bits per heavy atom. The van der Waals surface area contributed by atoms with Crippen LogP contribution >= 0.6 is 25.3 Å². The molecule has 2 atom stereocenters. The minimum atomic E-state index is -1.08. The summed E-state index contributed by atoms with van der Waals surface area (Å²) >= 11 is 8.02. The molecule has 4 nitrogen and oxygen atoms in total. The van der Waals surface area contributed by atoms with Gasteiger partial charge in [0.25, 0.3) is 0 Å². The van der Waals surface area contributed by atoms with Crippen LogP contribution in [-0.2, 0) is 9.59 Å². The van der Waals surface area contributed by atoms with Gasteiger partial charge in [0.1, 0.15) is 0 Å². The van der Waals surface area contributed by atoms with Gasteiger partial charge < -0.3 is 19.8 Å². The number of carbonyl (C=O) groups excluding carboxylic acids is 2. The van der Waals surface area contributed by atoms with Crippen molar-refractivity contribution < 1.29 is 19.8 Å². The summed E-state index contributed by atoms with van der Waals surface area (Å²) in [6.45, 7) is 4.58. The van der Waals surface area contributed by atoms with Crippen molar-refractivity contribution in [1.82, 2.24) is 0 Å². The van der Waals surface area contributed by atoms with Crippen LogP contribution in [0.3, 0.4) is 0 Å². The maximum absolute atomic E-state index is 10.4. The summed E-state index contributed by atoms with van der Waals surface area (Å²) in [7, 11) is 0. The average Bonchev–Trinajstić information content (AvgIpc) is 2.80. The van der Waals surface area contributed by atoms with Crippen LogP contribution in [0.1, 0.15) is 90.9 Å². The molecule has 0 N–H and O–H groups in total. The fourth-order valence-corrected chi connectivity index (χ4v) is 7.88. The van der Waals surface area contributed by atoms with Gasteiger partial charge >= 0.3 is 69.5 Å². The van der Waals surface area contributed by atoms with Gasteiger partial charge in [0.05, 0.1) is 22.4 Å². The standard InChI is InChI=1S/2C8H12O2S.2C4H9.Sn/c2*9-8(10)7(11)6-4-2-1-3-5-6;2*1-3-4-2;/h2*4,7,11H,1-3,5H2,(H,9,10);2*1,3-4H2,2H3;/q;;;;+2/p-2. The third-order valence-corrected chi connectivity index (χ3v) is 10.3.